The van der Waals surface area contributed by atoms with Crippen molar-refractivity contribution >= 4 is 43.9 Å². The summed E-state index contributed by atoms with van der Waals surface area (Å²) in [5.74, 6) is 0. The third-order valence-electron chi connectivity index (χ3n) is 9.62. The van der Waals surface area contributed by atoms with E-state index in [2.05, 4.69) is 154 Å². The molecule has 0 N–H and O–H groups in total. The molecule has 0 aromatic heterocycles. The Morgan fingerprint density at radius 1 is 0.674 bits per heavy atom. The summed E-state index contributed by atoms with van der Waals surface area (Å²) in [5.41, 5.74) is 14.1. The molecule has 0 unspecified atom stereocenters. The molecule has 0 radical (unpaired) electrons. The Balaban J connectivity index is 0.00000240. The minimum atomic E-state index is -2.59. The zero-order valence-electron chi connectivity index (χ0n) is 29.3. The van der Waals surface area contributed by atoms with Gasteiger partial charge in [-0.15, -0.1) is 24.8 Å². The summed E-state index contributed by atoms with van der Waals surface area (Å²) in [6, 6.07) is 26.8. The number of hydrogen-bond acceptors (Lipinski definition) is 0. The van der Waals surface area contributed by atoms with Crippen LogP contribution in [-0.2, 0) is 37.6 Å². The monoisotopic (exact) mass is 742 g/mol. The maximum absolute atomic E-state index is 2.61. The molecule has 0 heterocycles. The summed E-state index contributed by atoms with van der Waals surface area (Å²) in [6.45, 7) is 23.7. The van der Waals surface area contributed by atoms with Gasteiger partial charge in [0.25, 0.3) is 0 Å². The van der Waals surface area contributed by atoms with Crippen LogP contribution in [-0.4, -0.2) is 5.43 Å². The summed E-state index contributed by atoms with van der Waals surface area (Å²) >= 11 is -2.59. The van der Waals surface area contributed by atoms with E-state index in [4.69, 9.17) is 0 Å². The van der Waals surface area contributed by atoms with Crippen LogP contribution in [0.3, 0.4) is 0 Å². The standard InChI is InChI=1S/C23H29.C14H14Si.C5H5.2ClH.Zr/c1-14-9-16-11-17-10-15(2)21(23(6,7)8)13-19(17)18(16)12-20(14)22(3,4)5;1-11-5-3-7-13(9-11)15-14-8-4-6-12(2)10-14;1-2-4-5-3-1;;;/h9,12-13H,11H2,1-8H3;3-10H,1-2H3;1-3H,4H2;2*1H;. The summed E-state index contributed by atoms with van der Waals surface area (Å²) < 4.78 is 3.57. The van der Waals surface area contributed by atoms with Crippen LogP contribution in [0.5, 0.6) is 0 Å². The zero-order valence-corrected chi connectivity index (χ0v) is 34.4. The number of hydrogen-bond donors (Lipinski definition) is 0. The molecule has 0 bridgehead atoms. The number of fused-ring (bicyclic) bond motifs is 3. The first-order valence-corrected chi connectivity index (χ1v) is 23.9. The van der Waals surface area contributed by atoms with E-state index in [0.717, 1.165) is 12.8 Å². The Bertz CT molecular complexity index is 1860. The SMILES string of the molecule is Cc1cccc([Si](c2cccc(C)c2)=[Zr]([C]2=CC=CC2)[c]2c(C)c(C(C)(C)C)cc3c2Cc2cc(C)c(C(C)(C)C)cc2-3)c1.Cl.Cl. The average Bonchev–Trinajstić information content (AvgIpc) is 3.58. The van der Waals surface area contributed by atoms with Crippen molar-refractivity contribution in [2.24, 2.45) is 0 Å². The molecule has 0 saturated heterocycles. The maximum atomic E-state index is 2.61. The molecule has 0 nitrogen and oxygen atoms in total. The fourth-order valence-corrected chi connectivity index (χ4v) is 29.1. The molecule has 240 valence electrons. The summed E-state index contributed by atoms with van der Waals surface area (Å²) in [7, 11) is 0. The van der Waals surface area contributed by atoms with E-state index in [9.17, 15) is 0 Å². The third kappa shape index (κ3) is 6.94. The fraction of sp³-hybridized carbons (Fsp3) is 0.333. The van der Waals surface area contributed by atoms with Gasteiger partial charge in [-0.3, -0.25) is 0 Å². The van der Waals surface area contributed by atoms with E-state index in [1.54, 1.807) is 28.1 Å². The predicted molar refractivity (Wildman–Crippen MR) is 205 cm³/mol. The molecule has 46 heavy (non-hydrogen) atoms. The summed E-state index contributed by atoms with van der Waals surface area (Å²) in [5, 5.41) is 3.19. The van der Waals surface area contributed by atoms with Gasteiger partial charge in [-0.25, -0.2) is 0 Å². The second-order valence-corrected chi connectivity index (χ2v) is 28.5. The van der Waals surface area contributed by atoms with Gasteiger partial charge >= 0.3 is 276 Å². The van der Waals surface area contributed by atoms with E-state index in [0.29, 0.717) is 0 Å². The van der Waals surface area contributed by atoms with Gasteiger partial charge in [-0.2, -0.15) is 0 Å². The van der Waals surface area contributed by atoms with Crippen LogP contribution >= 0.6 is 24.8 Å². The summed E-state index contributed by atoms with van der Waals surface area (Å²) in [6.07, 6.45) is 9.48. The Kier molecular flexibility index (Phi) is 11.1. The molecule has 4 aromatic carbocycles. The van der Waals surface area contributed by atoms with Crippen molar-refractivity contribution in [1.82, 2.24) is 0 Å². The van der Waals surface area contributed by atoms with Gasteiger partial charge in [-0.05, 0) is 0 Å². The van der Waals surface area contributed by atoms with Crippen molar-refractivity contribution in [3.8, 4) is 11.1 Å². The smallest absolute Gasteiger partial charge is 0.147 e. The molecule has 2 aliphatic carbocycles. The molecule has 0 fully saturated rings. The number of benzene rings is 4. The van der Waals surface area contributed by atoms with E-state index in [1.165, 1.54) is 44.5 Å². The Morgan fingerprint density at radius 2 is 1.24 bits per heavy atom. The average molecular weight is 745 g/mol. The zero-order chi connectivity index (χ0) is 31.6. The van der Waals surface area contributed by atoms with Gasteiger partial charge in [0.05, 0.1) is 0 Å². The molecule has 0 amide bonds. The molecule has 0 saturated carbocycles. The second kappa shape index (κ2) is 13.9. The fourth-order valence-electron chi connectivity index (χ4n) is 7.68. The molecule has 6 rings (SSSR count). The number of aryl methyl sites for hydroxylation is 3. The maximum Gasteiger partial charge on any atom is -0.147 e. The molecule has 4 aromatic rings. The quantitative estimate of drug-likeness (QED) is 0.161. The largest absolute Gasteiger partial charge is 0.147 e. The van der Waals surface area contributed by atoms with Crippen LogP contribution in [0.15, 0.2) is 88.2 Å². The van der Waals surface area contributed by atoms with Gasteiger partial charge < -0.3 is 0 Å². The minimum absolute atomic E-state index is 0. The van der Waals surface area contributed by atoms with Crippen molar-refractivity contribution in [2.75, 3.05) is 0 Å². The topological polar surface area (TPSA) is 0 Å². The number of rotatable bonds is 4. The van der Waals surface area contributed by atoms with E-state index in [1.807, 2.05) is 0 Å². The molecular formula is C42H50Cl2SiZr. The van der Waals surface area contributed by atoms with Crippen LogP contribution in [0, 0.1) is 27.7 Å². The van der Waals surface area contributed by atoms with E-state index in [-0.39, 0.29) is 35.6 Å². The van der Waals surface area contributed by atoms with Gasteiger partial charge in [-0.1, -0.05) is 0 Å². The van der Waals surface area contributed by atoms with Gasteiger partial charge in [0, 0.05) is 0 Å². The van der Waals surface area contributed by atoms with Crippen LogP contribution in [0.1, 0.15) is 92.5 Å². The second-order valence-electron chi connectivity index (χ2n) is 15.3. The molecule has 0 spiro atoms. The summed E-state index contributed by atoms with van der Waals surface area (Å²) in [4.78, 5) is 0. The number of allylic oxidation sites excluding steroid dienone is 4. The van der Waals surface area contributed by atoms with E-state index >= 15 is 0 Å². The van der Waals surface area contributed by atoms with Crippen LogP contribution in [0.2, 0.25) is 0 Å². The van der Waals surface area contributed by atoms with Crippen molar-refractivity contribution in [1.29, 1.82) is 0 Å². The van der Waals surface area contributed by atoms with Crippen molar-refractivity contribution in [3.05, 3.63) is 133 Å². The van der Waals surface area contributed by atoms with E-state index < -0.39 is 25.8 Å². The molecular weight excluding hydrogens is 695 g/mol. The van der Waals surface area contributed by atoms with Crippen LogP contribution < -0.4 is 13.6 Å². The predicted octanol–water partition coefficient (Wildman–Crippen LogP) is 9.82. The van der Waals surface area contributed by atoms with Gasteiger partial charge in [0.15, 0.2) is 0 Å². The first kappa shape index (κ1) is 36.9. The van der Waals surface area contributed by atoms with Gasteiger partial charge in [0.1, 0.15) is 0 Å². The van der Waals surface area contributed by atoms with Crippen LogP contribution in [0.4, 0.5) is 0 Å². The van der Waals surface area contributed by atoms with Crippen LogP contribution in [0.25, 0.3) is 11.1 Å². The first-order chi connectivity index (χ1) is 20.7. The molecule has 2 aliphatic rings. The first-order valence-electron chi connectivity index (χ1n) is 16.3. The minimum Gasteiger partial charge on any atom is -0.147 e. The Hall–Kier alpha value is -1.96. The third-order valence-corrected chi connectivity index (χ3v) is 28.6. The van der Waals surface area contributed by atoms with Crippen molar-refractivity contribution in [2.45, 2.75) is 92.9 Å². The Morgan fingerprint density at radius 3 is 1.74 bits per heavy atom. The molecule has 4 heteroatoms. The Labute approximate surface area is 298 Å². The van der Waals surface area contributed by atoms with Crippen molar-refractivity contribution in [3.63, 3.8) is 0 Å². The normalized spacial score (nSPS) is 13.4. The van der Waals surface area contributed by atoms with Crippen molar-refractivity contribution < 1.29 is 20.4 Å². The molecule has 0 atom stereocenters. The van der Waals surface area contributed by atoms with Gasteiger partial charge in [0.2, 0.25) is 0 Å². The number of halogens is 2. The molecule has 0 aliphatic heterocycles.